The van der Waals surface area contributed by atoms with Crippen LogP contribution in [0.5, 0.6) is 0 Å². The largest absolute Gasteiger partial charge is 0.335 e. The Kier molecular flexibility index (Phi) is 4.29. The van der Waals surface area contributed by atoms with E-state index < -0.39 is 0 Å². The molecule has 0 N–H and O–H groups in total. The molecular weight excluding hydrogens is 382 g/mol. The number of carbonyl (C=O) groups is 1. The van der Waals surface area contributed by atoms with Crippen LogP contribution >= 0.6 is 11.3 Å². The van der Waals surface area contributed by atoms with Crippen LogP contribution in [0.3, 0.4) is 0 Å². The van der Waals surface area contributed by atoms with E-state index >= 15 is 0 Å². The van der Waals surface area contributed by atoms with Crippen LogP contribution in [0.1, 0.15) is 15.4 Å². The zero-order chi connectivity index (χ0) is 19.8. The molecule has 142 valence electrons. The highest BCUT2D eigenvalue weighted by molar-refractivity contribution is 7.18. The molecule has 3 heterocycles. The first-order valence-corrected chi connectivity index (χ1v) is 10.0. The highest BCUT2D eigenvalue weighted by atomic mass is 32.1. The summed E-state index contributed by atoms with van der Waals surface area (Å²) in [6.45, 7) is 0.438. The van der Waals surface area contributed by atoms with Crippen LogP contribution < -0.4 is 0 Å². The molecule has 0 saturated heterocycles. The van der Waals surface area contributed by atoms with Crippen LogP contribution in [0.15, 0.2) is 73.1 Å². The van der Waals surface area contributed by atoms with Crippen molar-refractivity contribution in [2.24, 2.45) is 0 Å². The molecule has 0 saturated carbocycles. The number of nitrogens with zero attached hydrogens (tertiary/aromatic N) is 5. The van der Waals surface area contributed by atoms with Gasteiger partial charge in [0.25, 0.3) is 5.91 Å². The Morgan fingerprint density at radius 3 is 2.69 bits per heavy atom. The molecule has 0 bridgehead atoms. The average Bonchev–Trinajstić information content (AvgIpc) is 3.37. The fraction of sp³-hybridized carbons (Fsp3) is 0.0909. The number of fused-ring (bicyclic) bond motifs is 2. The molecule has 6 nitrogen and oxygen atoms in total. The number of aromatic nitrogens is 4. The summed E-state index contributed by atoms with van der Waals surface area (Å²) >= 11 is 1.60. The van der Waals surface area contributed by atoms with Crippen LogP contribution in [-0.4, -0.2) is 37.4 Å². The molecule has 5 aromatic rings. The van der Waals surface area contributed by atoms with Crippen LogP contribution in [0.25, 0.3) is 27.1 Å². The molecule has 5 rings (SSSR count). The van der Waals surface area contributed by atoms with Gasteiger partial charge >= 0.3 is 0 Å². The predicted molar refractivity (Wildman–Crippen MR) is 114 cm³/mol. The second-order valence-corrected chi connectivity index (χ2v) is 7.84. The number of benzene rings is 2. The van der Waals surface area contributed by atoms with E-state index in [1.165, 1.54) is 0 Å². The number of para-hydroxylation sites is 1. The average molecular weight is 399 g/mol. The van der Waals surface area contributed by atoms with E-state index in [0.717, 1.165) is 26.5 Å². The Bertz CT molecular complexity index is 1290. The summed E-state index contributed by atoms with van der Waals surface area (Å²) in [6, 6.07) is 19.8. The van der Waals surface area contributed by atoms with Crippen molar-refractivity contribution in [1.29, 1.82) is 0 Å². The van der Waals surface area contributed by atoms with Gasteiger partial charge in [-0.2, -0.15) is 5.10 Å². The standard InChI is InChI=1S/C22H17N5OS/c1-26(14-20-25-17-9-5-6-10-19(17)29-20)22(28)16-13-24-27-18(11-12-23-21(16)27)15-7-3-2-4-8-15/h2-13H,14H2,1H3. The first-order chi connectivity index (χ1) is 14.2. The van der Waals surface area contributed by atoms with Gasteiger partial charge in [-0.1, -0.05) is 42.5 Å². The van der Waals surface area contributed by atoms with E-state index in [1.54, 1.807) is 40.2 Å². The highest BCUT2D eigenvalue weighted by Gasteiger charge is 2.20. The van der Waals surface area contributed by atoms with Gasteiger partial charge in [-0.3, -0.25) is 4.79 Å². The summed E-state index contributed by atoms with van der Waals surface area (Å²) in [7, 11) is 1.78. The molecule has 0 fully saturated rings. The number of thiazole rings is 1. The summed E-state index contributed by atoms with van der Waals surface area (Å²) in [5.74, 6) is -0.128. The first kappa shape index (κ1) is 17.5. The van der Waals surface area contributed by atoms with Gasteiger partial charge in [0, 0.05) is 18.8 Å². The molecule has 1 amide bonds. The predicted octanol–water partition coefficient (Wildman–Crippen LogP) is 4.28. The zero-order valence-electron chi connectivity index (χ0n) is 15.7. The maximum absolute atomic E-state index is 13.1. The Morgan fingerprint density at radius 2 is 1.86 bits per heavy atom. The van der Waals surface area contributed by atoms with E-state index in [2.05, 4.69) is 15.1 Å². The summed E-state index contributed by atoms with van der Waals surface area (Å²) in [4.78, 5) is 23.8. The Balaban J connectivity index is 1.46. The lowest BCUT2D eigenvalue weighted by Crippen LogP contribution is -2.26. The van der Waals surface area contributed by atoms with Gasteiger partial charge in [0.2, 0.25) is 0 Å². The van der Waals surface area contributed by atoms with Crippen LogP contribution in [0.2, 0.25) is 0 Å². The van der Waals surface area contributed by atoms with E-state index in [4.69, 9.17) is 0 Å². The van der Waals surface area contributed by atoms with Crippen molar-refractivity contribution in [2.45, 2.75) is 6.54 Å². The quantitative estimate of drug-likeness (QED) is 0.453. The highest BCUT2D eigenvalue weighted by Crippen LogP contribution is 2.24. The van der Waals surface area contributed by atoms with Gasteiger partial charge in [-0.25, -0.2) is 14.5 Å². The molecule has 0 unspecified atom stereocenters. The monoisotopic (exact) mass is 399 g/mol. The minimum atomic E-state index is -0.128. The smallest absolute Gasteiger partial charge is 0.259 e. The van der Waals surface area contributed by atoms with Gasteiger partial charge in [0.15, 0.2) is 5.65 Å². The molecule has 0 radical (unpaired) electrons. The van der Waals surface area contributed by atoms with E-state index in [-0.39, 0.29) is 5.91 Å². The lowest BCUT2D eigenvalue weighted by molar-refractivity contribution is 0.0786. The maximum Gasteiger partial charge on any atom is 0.259 e. The van der Waals surface area contributed by atoms with Gasteiger partial charge < -0.3 is 4.90 Å². The lowest BCUT2D eigenvalue weighted by Gasteiger charge is -2.14. The Hall–Kier alpha value is -3.58. The van der Waals surface area contributed by atoms with Gasteiger partial charge in [0.1, 0.15) is 10.6 Å². The summed E-state index contributed by atoms with van der Waals surface area (Å²) in [5, 5.41) is 5.33. The van der Waals surface area contributed by atoms with E-state index in [9.17, 15) is 4.79 Å². The van der Waals surface area contributed by atoms with Crippen LogP contribution in [0.4, 0.5) is 0 Å². The number of amides is 1. The minimum Gasteiger partial charge on any atom is -0.335 e. The Morgan fingerprint density at radius 1 is 1.07 bits per heavy atom. The summed E-state index contributed by atoms with van der Waals surface area (Å²) in [6.07, 6.45) is 3.30. The SMILES string of the molecule is CN(Cc1nc2ccccc2s1)C(=O)c1cnn2c(-c3ccccc3)ccnc12. The fourth-order valence-electron chi connectivity index (χ4n) is 3.34. The number of carbonyl (C=O) groups excluding carboxylic acids is 1. The third kappa shape index (κ3) is 3.15. The minimum absolute atomic E-state index is 0.128. The van der Waals surface area contributed by atoms with Crippen molar-refractivity contribution >= 4 is 33.1 Å². The van der Waals surface area contributed by atoms with Crippen molar-refractivity contribution in [3.63, 3.8) is 0 Å². The van der Waals surface area contributed by atoms with Gasteiger partial charge in [-0.05, 0) is 18.2 Å². The second-order valence-electron chi connectivity index (χ2n) is 6.73. The summed E-state index contributed by atoms with van der Waals surface area (Å²) < 4.78 is 2.84. The normalized spacial score (nSPS) is 11.2. The topological polar surface area (TPSA) is 63.4 Å². The van der Waals surface area contributed by atoms with Crippen molar-refractivity contribution in [2.75, 3.05) is 7.05 Å². The molecule has 0 spiro atoms. The van der Waals surface area contributed by atoms with Gasteiger partial charge in [-0.15, -0.1) is 11.3 Å². The molecule has 0 atom stereocenters. The van der Waals surface area contributed by atoms with E-state index in [0.29, 0.717) is 17.8 Å². The van der Waals surface area contributed by atoms with Crippen LogP contribution in [0, 0.1) is 0 Å². The fourth-order valence-corrected chi connectivity index (χ4v) is 4.36. The maximum atomic E-state index is 13.1. The molecule has 7 heteroatoms. The molecule has 3 aromatic heterocycles. The number of hydrogen-bond acceptors (Lipinski definition) is 5. The summed E-state index contributed by atoms with van der Waals surface area (Å²) in [5.41, 5.74) is 3.89. The second kappa shape index (κ2) is 7.10. The number of rotatable bonds is 4. The lowest BCUT2D eigenvalue weighted by atomic mass is 10.1. The van der Waals surface area contributed by atoms with Crippen molar-refractivity contribution in [1.82, 2.24) is 24.5 Å². The molecule has 29 heavy (non-hydrogen) atoms. The molecule has 0 aliphatic heterocycles. The van der Waals surface area contributed by atoms with Gasteiger partial charge in [0.05, 0.1) is 28.7 Å². The molecule has 0 aliphatic carbocycles. The Labute approximate surface area is 171 Å². The molecule has 2 aromatic carbocycles. The first-order valence-electron chi connectivity index (χ1n) is 9.19. The van der Waals surface area contributed by atoms with E-state index in [1.807, 2.05) is 60.7 Å². The molecule has 0 aliphatic rings. The van der Waals surface area contributed by atoms with Crippen molar-refractivity contribution < 1.29 is 4.79 Å². The van der Waals surface area contributed by atoms with Crippen LogP contribution in [-0.2, 0) is 6.54 Å². The van der Waals surface area contributed by atoms with Crippen molar-refractivity contribution in [3.8, 4) is 11.3 Å². The zero-order valence-corrected chi connectivity index (χ0v) is 16.5. The molecular formula is C22H17N5OS. The van der Waals surface area contributed by atoms with Crippen molar-refractivity contribution in [3.05, 3.63) is 83.6 Å². The third-order valence-corrected chi connectivity index (χ3v) is 5.78. The number of hydrogen-bond donors (Lipinski definition) is 0. The third-order valence-electron chi connectivity index (χ3n) is 4.76.